The van der Waals surface area contributed by atoms with E-state index in [0.717, 1.165) is 24.2 Å². The van der Waals surface area contributed by atoms with E-state index in [-0.39, 0.29) is 5.82 Å². The van der Waals surface area contributed by atoms with Crippen LogP contribution in [0, 0.1) is 5.82 Å². The van der Waals surface area contributed by atoms with Gasteiger partial charge >= 0.3 is 0 Å². The topological polar surface area (TPSA) is 38.0 Å². The van der Waals surface area contributed by atoms with Crippen molar-refractivity contribution in [2.45, 2.75) is 19.6 Å². The molecule has 94 valence electrons. The van der Waals surface area contributed by atoms with Crippen molar-refractivity contribution in [2.75, 3.05) is 0 Å². The van der Waals surface area contributed by atoms with Gasteiger partial charge in [0.25, 0.3) is 0 Å². The van der Waals surface area contributed by atoms with E-state index in [1.807, 2.05) is 12.1 Å². The van der Waals surface area contributed by atoms with Crippen LogP contribution in [0.4, 0.5) is 4.39 Å². The van der Waals surface area contributed by atoms with Crippen molar-refractivity contribution in [3.63, 3.8) is 0 Å². The van der Waals surface area contributed by atoms with Gasteiger partial charge in [0, 0.05) is 19.6 Å². The molecule has 0 radical (unpaired) electrons. The summed E-state index contributed by atoms with van der Waals surface area (Å²) in [5, 5.41) is 3.33. The van der Waals surface area contributed by atoms with Crippen LogP contribution in [0.1, 0.15) is 16.7 Å². The molecule has 2 aromatic carbocycles. The molecule has 0 aliphatic rings. The summed E-state index contributed by atoms with van der Waals surface area (Å²) in [6, 6.07) is 14.7. The molecule has 0 fully saturated rings. The largest absolute Gasteiger partial charge is 0.326 e. The normalized spacial score (nSPS) is 10.6. The third-order valence-corrected chi connectivity index (χ3v) is 2.80. The Morgan fingerprint density at radius 3 is 2.28 bits per heavy atom. The predicted octanol–water partition coefficient (Wildman–Crippen LogP) is 2.57. The number of benzene rings is 2. The van der Waals surface area contributed by atoms with Crippen molar-refractivity contribution in [2.24, 2.45) is 5.73 Å². The molecular formula is C15H17FN2. The maximum absolute atomic E-state index is 12.7. The Morgan fingerprint density at radius 1 is 0.889 bits per heavy atom. The van der Waals surface area contributed by atoms with Crippen LogP contribution in [0.5, 0.6) is 0 Å². The lowest BCUT2D eigenvalue weighted by Gasteiger charge is -2.06. The van der Waals surface area contributed by atoms with E-state index in [9.17, 15) is 4.39 Å². The second-order valence-corrected chi connectivity index (χ2v) is 4.25. The van der Waals surface area contributed by atoms with Crippen LogP contribution in [0.15, 0.2) is 48.5 Å². The molecule has 0 spiro atoms. The van der Waals surface area contributed by atoms with Gasteiger partial charge in [0.15, 0.2) is 0 Å². The van der Waals surface area contributed by atoms with Crippen LogP contribution >= 0.6 is 0 Å². The monoisotopic (exact) mass is 244 g/mol. The van der Waals surface area contributed by atoms with E-state index in [0.29, 0.717) is 6.54 Å². The van der Waals surface area contributed by atoms with Gasteiger partial charge in [0.2, 0.25) is 0 Å². The van der Waals surface area contributed by atoms with Crippen molar-refractivity contribution >= 4 is 0 Å². The highest BCUT2D eigenvalue weighted by molar-refractivity contribution is 5.23. The fourth-order valence-corrected chi connectivity index (χ4v) is 1.82. The molecule has 0 amide bonds. The first-order valence-electron chi connectivity index (χ1n) is 6.01. The Hall–Kier alpha value is -1.71. The van der Waals surface area contributed by atoms with Crippen LogP contribution < -0.4 is 11.1 Å². The summed E-state index contributed by atoms with van der Waals surface area (Å²) in [7, 11) is 0. The Labute approximate surface area is 107 Å². The van der Waals surface area contributed by atoms with Crippen molar-refractivity contribution in [1.29, 1.82) is 0 Å². The average molecular weight is 244 g/mol. The second kappa shape index (κ2) is 6.28. The highest BCUT2D eigenvalue weighted by Gasteiger charge is 1.96. The lowest BCUT2D eigenvalue weighted by molar-refractivity contribution is 0.625. The third-order valence-electron chi connectivity index (χ3n) is 2.80. The molecule has 2 aromatic rings. The van der Waals surface area contributed by atoms with Crippen molar-refractivity contribution in [1.82, 2.24) is 5.32 Å². The Balaban J connectivity index is 1.86. The summed E-state index contributed by atoms with van der Waals surface area (Å²) in [6.07, 6.45) is 0. The standard InChI is InChI=1S/C15H17FN2/c16-15-6-4-12(5-7-15)10-18-11-14-3-1-2-13(8-14)9-17/h1-8,18H,9-11,17H2. The summed E-state index contributed by atoms with van der Waals surface area (Å²) in [6.45, 7) is 2.07. The minimum absolute atomic E-state index is 0.200. The quantitative estimate of drug-likeness (QED) is 0.848. The minimum Gasteiger partial charge on any atom is -0.326 e. The summed E-state index contributed by atoms with van der Waals surface area (Å²) < 4.78 is 12.7. The second-order valence-electron chi connectivity index (χ2n) is 4.25. The van der Waals surface area contributed by atoms with Gasteiger partial charge in [0.1, 0.15) is 5.82 Å². The molecular weight excluding hydrogens is 227 g/mol. The SMILES string of the molecule is NCc1cccc(CNCc2ccc(F)cc2)c1. The molecule has 0 heterocycles. The number of nitrogens with one attached hydrogen (secondary N) is 1. The maximum atomic E-state index is 12.7. The smallest absolute Gasteiger partial charge is 0.123 e. The van der Waals surface area contributed by atoms with Gasteiger partial charge < -0.3 is 11.1 Å². The van der Waals surface area contributed by atoms with Gasteiger partial charge in [-0.25, -0.2) is 4.39 Å². The number of halogens is 1. The highest BCUT2D eigenvalue weighted by atomic mass is 19.1. The first-order valence-corrected chi connectivity index (χ1v) is 6.01. The molecule has 0 atom stereocenters. The molecule has 0 unspecified atom stereocenters. The summed E-state index contributed by atoms with van der Waals surface area (Å²) in [5.41, 5.74) is 9.02. The molecule has 3 heteroatoms. The van der Waals surface area contributed by atoms with Gasteiger partial charge in [-0.2, -0.15) is 0 Å². The maximum Gasteiger partial charge on any atom is 0.123 e. The Bertz CT molecular complexity index is 494. The van der Waals surface area contributed by atoms with Gasteiger partial charge in [0.05, 0.1) is 0 Å². The molecule has 18 heavy (non-hydrogen) atoms. The molecule has 0 bridgehead atoms. The summed E-state index contributed by atoms with van der Waals surface area (Å²) in [5.74, 6) is -0.200. The number of nitrogens with two attached hydrogens (primary N) is 1. The highest BCUT2D eigenvalue weighted by Crippen LogP contribution is 2.06. The zero-order chi connectivity index (χ0) is 12.8. The summed E-state index contributed by atoms with van der Waals surface area (Å²) >= 11 is 0. The van der Waals surface area contributed by atoms with Crippen molar-refractivity contribution in [3.05, 3.63) is 71.0 Å². The van der Waals surface area contributed by atoms with E-state index in [2.05, 4.69) is 17.4 Å². The minimum atomic E-state index is -0.200. The van der Waals surface area contributed by atoms with Gasteiger partial charge in [-0.1, -0.05) is 36.4 Å². The summed E-state index contributed by atoms with van der Waals surface area (Å²) in [4.78, 5) is 0. The van der Waals surface area contributed by atoms with Crippen LogP contribution in [0.2, 0.25) is 0 Å². The molecule has 0 saturated carbocycles. The van der Waals surface area contributed by atoms with Crippen molar-refractivity contribution in [3.8, 4) is 0 Å². The Kier molecular flexibility index (Phi) is 4.45. The van der Waals surface area contributed by atoms with E-state index in [1.165, 1.54) is 17.7 Å². The van der Waals surface area contributed by atoms with Gasteiger partial charge in [-0.05, 0) is 28.8 Å². The first kappa shape index (κ1) is 12.7. The lowest BCUT2D eigenvalue weighted by atomic mass is 10.1. The zero-order valence-electron chi connectivity index (χ0n) is 10.2. The van der Waals surface area contributed by atoms with Gasteiger partial charge in [-0.3, -0.25) is 0 Å². The zero-order valence-corrected chi connectivity index (χ0v) is 10.2. The molecule has 3 N–H and O–H groups in total. The average Bonchev–Trinajstić information content (AvgIpc) is 2.41. The van der Waals surface area contributed by atoms with E-state index in [4.69, 9.17) is 5.73 Å². The predicted molar refractivity (Wildman–Crippen MR) is 71.3 cm³/mol. The third kappa shape index (κ3) is 3.65. The number of hydrogen-bond donors (Lipinski definition) is 2. The van der Waals surface area contributed by atoms with Gasteiger partial charge in [-0.15, -0.1) is 0 Å². The fourth-order valence-electron chi connectivity index (χ4n) is 1.82. The molecule has 2 rings (SSSR count). The van der Waals surface area contributed by atoms with Crippen LogP contribution in [0.25, 0.3) is 0 Å². The fraction of sp³-hybridized carbons (Fsp3) is 0.200. The molecule has 0 saturated heterocycles. The van der Waals surface area contributed by atoms with E-state index < -0.39 is 0 Å². The molecule has 2 nitrogen and oxygen atoms in total. The van der Waals surface area contributed by atoms with Crippen LogP contribution in [-0.4, -0.2) is 0 Å². The number of rotatable bonds is 5. The van der Waals surface area contributed by atoms with Crippen LogP contribution in [-0.2, 0) is 19.6 Å². The molecule has 0 aliphatic carbocycles. The molecule has 0 aromatic heterocycles. The number of hydrogen-bond acceptors (Lipinski definition) is 2. The van der Waals surface area contributed by atoms with E-state index >= 15 is 0 Å². The molecule has 0 aliphatic heterocycles. The van der Waals surface area contributed by atoms with Crippen molar-refractivity contribution < 1.29 is 4.39 Å². The Morgan fingerprint density at radius 2 is 1.56 bits per heavy atom. The first-order chi connectivity index (χ1) is 8.78. The van der Waals surface area contributed by atoms with E-state index in [1.54, 1.807) is 12.1 Å². The van der Waals surface area contributed by atoms with Crippen LogP contribution in [0.3, 0.4) is 0 Å². The lowest BCUT2D eigenvalue weighted by Crippen LogP contribution is -2.13.